The second-order valence-electron chi connectivity index (χ2n) is 5.64. The van der Waals surface area contributed by atoms with Crippen molar-refractivity contribution in [3.05, 3.63) is 29.3 Å². The largest absolute Gasteiger partial charge is 0.382 e. The average Bonchev–Trinajstić information content (AvgIpc) is 2.58. The van der Waals surface area contributed by atoms with E-state index in [1.807, 2.05) is 26.0 Å². The molecule has 0 heterocycles. The molecule has 0 aliphatic heterocycles. The Morgan fingerprint density at radius 1 is 1.15 bits per heavy atom. The highest BCUT2D eigenvalue weighted by Gasteiger charge is 2.16. The molecule has 0 aromatic heterocycles. The third-order valence-corrected chi connectivity index (χ3v) is 5.13. The fourth-order valence-corrected chi connectivity index (χ4v) is 3.55. The van der Waals surface area contributed by atoms with Crippen molar-refractivity contribution in [1.29, 1.82) is 0 Å². The molecule has 9 heteroatoms. The van der Waals surface area contributed by atoms with Gasteiger partial charge in [-0.1, -0.05) is 12.1 Å². The van der Waals surface area contributed by atoms with Gasteiger partial charge in [-0.3, -0.25) is 4.99 Å². The SMILES string of the molecule is CCOCCCNC(=NC)NCCNS(=O)(=O)c1cc(C)ccc1C.I. The third-order valence-electron chi connectivity index (χ3n) is 3.53. The number of rotatable bonds is 10. The molecule has 26 heavy (non-hydrogen) atoms. The van der Waals surface area contributed by atoms with Gasteiger partial charge in [-0.25, -0.2) is 13.1 Å². The minimum atomic E-state index is -3.51. The quantitative estimate of drug-likeness (QED) is 0.198. The molecule has 1 aromatic carbocycles. The van der Waals surface area contributed by atoms with Gasteiger partial charge < -0.3 is 15.4 Å². The first-order valence-electron chi connectivity index (χ1n) is 8.50. The van der Waals surface area contributed by atoms with Gasteiger partial charge in [-0.05, 0) is 44.4 Å². The molecule has 0 aliphatic carbocycles. The molecule has 1 aromatic rings. The van der Waals surface area contributed by atoms with Crippen LogP contribution in [-0.2, 0) is 14.8 Å². The number of aliphatic imine (C=N–C) groups is 1. The summed E-state index contributed by atoms with van der Waals surface area (Å²) in [6.07, 6.45) is 0.883. The van der Waals surface area contributed by atoms with Gasteiger partial charge in [0, 0.05) is 39.9 Å². The zero-order valence-electron chi connectivity index (χ0n) is 16.0. The monoisotopic (exact) mass is 498 g/mol. The predicted octanol–water partition coefficient (Wildman–Crippen LogP) is 1.79. The Labute approximate surface area is 174 Å². The maximum Gasteiger partial charge on any atom is 0.240 e. The summed E-state index contributed by atoms with van der Waals surface area (Å²) < 4.78 is 32.7. The molecule has 0 amide bonds. The second-order valence-corrected chi connectivity index (χ2v) is 7.38. The maximum absolute atomic E-state index is 12.4. The van der Waals surface area contributed by atoms with Crippen LogP contribution in [0.1, 0.15) is 24.5 Å². The molecule has 7 nitrogen and oxygen atoms in total. The summed E-state index contributed by atoms with van der Waals surface area (Å²) >= 11 is 0. The summed E-state index contributed by atoms with van der Waals surface area (Å²) in [6, 6.07) is 5.40. The lowest BCUT2D eigenvalue weighted by Crippen LogP contribution is -2.42. The third kappa shape index (κ3) is 9.15. The Hall–Kier alpha value is -0.910. The second kappa shape index (κ2) is 13.3. The minimum Gasteiger partial charge on any atom is -0.382 e. The van der Waals surface area contributed by atoms with Crippen LogP contribution in [0.15, 0.2) is 28.1 Å². The van der Waals surface area contributed by atoms with Crippen molar-refractivity contribution in [1.82, 2.24) is 15.4 Å². The van der Waals surface area contributed by atoms with E-state index in [0.29, 0.717) is 30.6 Å². The van der Waals surface area contributed by atoms with Gasteiger partial charge in [0.25, 0.3) is 0 Å². The summed E-state index contributed by atoms with van der Waals surface area (Å²) in [5.41, 5.74) is 1.65. The Kier molecular flexibility index (Phi) is 12.8. The highest BCUT2D eigenvalue weighted by molar-refractivity contribution is 14.0. The number of guanidine groups is 1. The Bertz CT molecular complexity index is 666. The topological polar surface area (TPSA) is 91.8 Å². The fourth-order valence-electron chi connectivity index (χ4n) is 2.19. The zero-order valence-corrected chi connectivity index (χ0v) is 19.1. The van der Waals surface area contributed by atoms with Crippen molar-refractivity contribution in [3.8, 4) is 0 Å². The maximum atomic E-state index is 12.4. The molecule has 150 valence electrons. The lowest BCUT2D eigenvalue weighted by atomic mass is 10.2. The Morgan fingerprint density at radius 2 is 1.85 bits per heavy atom. The van der Waals surface area contributed by atoms with Gasteiger partial charge in [0.15, 0.2) is 5.96 Å². The van der Waals surface area contributed by atoms with E-state index < -0.39 is 10.0 Å². The van der Waals surface area contributed by atoms with E-state index in [-0.39, 0.29) is 30.5 Å². The molecule has 0 radical (unpaired) electrons. The Morgan fingerprint density at radius 3 is 2.50 bits per heavy atom. The summed E-state index contributed by atoms with van der Waals surface area (Å²) in [7, 11) is -1.83. The van der Waals surface area contributed by atoms with E-state index in [1.54, 1.807) is 20.0 Å². The van der Waals surface area contributed by atoms with Crippen LogP contribution in [0, 0.1) is 13.8 Å². The van der Waals surface area contributed by atoms with Crippen molar-refractivity contribution < 1.29 is 13.2 Å². The van der Waals surface area contributed by atoms with Crippen LogP contribution < -0.4 is 15.4 Å². The normalized spacial score (nSPS) is 11.8. The number of benzene rings is 1. The van der Waals surface area contributed by atoms with E-state index in [9.17, 15) is 8.42 Å². The van der Waals surface area contributed by atoms with E-state index >= 15 is 0 Å². The number of halogens is 1. The predicted molar refractivity (Wildman–Crippen MR) is 117 cm³/mol. The van der Waals surface area contributed by atoms with Gasteiger partial charge in [0.1, 0.15) is 0 Å². The summed E-state index contributed by atoms with van der Waals surface area (Å²) in [4.78, 5) is 4.43. The van der Waals surface area contributed by atoms with E-state index in [0.717, 1.165) is 24.1 Å². The molecule has 0 spiro atoms. The first-order chi connectivity index (χ1) is 11.9. The fraction of sp³-hybridized carbons (Fsp3) is 0.588. The first kappa shape index (κ1) is 25.1. The summed E-state index contributed by atoms with van der Waals surface area (Å²) in [6.45, 7) is 8.51. The van der Waals surface area contributed by atoms with Gasteiger partial charge >= 0.3 is 0 Å². The highest BCUT2D eigenvalue weighted by atomic mass is 127. The Balaban J connectivity index is 0.00000625. The van der Waals surface area contributed by atoms with Crippen LogP contribution >= 0.6 is 24.0 Å². The summed E-state index contributed by atoms with van der Waals surface area (Å²) in [5, 5.41) is 6.24. The molecule has 0 atom stereocenters. The van der Waals surface area contributed by atoms with Crippen molar-refractivity contribution in [3.63, 3.8) is 0 Å². The van der Waals surface area contributed by atoms with Gasteiger partial charge in [0.05, 0.1) is 4.90 Å². The average molecular weight is 498 g/mol. The summed E-state index contributed by atoms with van der Waals surface area (Å²) in [5.74, 6) is 0.641. The van der Waals surface area contributed by atoms with Crippen LogP contribution in [0.5, 0.6) is 0 Å². The van der Waals surface area contributed by atoms with E-state index in [4.69, 9.17) is 4.74 Å². The lowest BCUT2D eigenvalue weighted by Gasteiger charge is -2.13. The lowest BCUT2D eigenvalue weighted by molar-refractivity contribution is 0.145. The van der Waals surface area contributed by atoms with Crippen molar-refractivity contribution in [2.45, 2.75) is 32.1 Å². The molecule has 0 fully saturated rings. The molecule has 0 unspecified atom stereocenters. The molecule has 1 rings (SSSR count). The molecular weight excluding hydrogens is 467 g/mol. The minimum absolute atomic E-state index is 0. The van der Waals surface area contributed by atoms with Crippen LogP contribution in [0.2, 0.25) is 0 Å². The van der Waals surface area contributed by atoms with Gasteiger partial charge in [0.2, 0.25) is 10.0 Å². The first-order valence-corrected chi connectivity index (χ1v) is 9.98. The van der Waals surface area contributed by atoms with Crippen molar-refractivity contribution in [2.75, 3.05) is 39.9 Å². The number of sulfonamides is 1. The van der Waals surface area contributed by atoms with Gasteiger partial charge in [-0.2, -0.15) is 0 Å². The molecule has 0 aliphatic rings. The number of nitrogens with one attached hydrogen (secondary N) is 3. The van der Waals surface area contributed by atoms with E-state index in [2.05, 4.69) is 20.3 Å². The molecule has 3 N–H and O–H groups in total. The number of ether oxygens (including phenoxy) is 1. The molecular formula is C17H31IN4O3S. The number of nitrogens with zero attached hydrogens (tertiary/aromatic N) is 1. The standard InChI is InChI=1S/C17H30N4O3S.HI/c1-5-24-12-6-9-19-17(18-4)20-10-11-21-25(22,23)16-13-14(2)7-8-15(16)3;/h7-8,13,21H,5-6,9-12H2,1-4H3,(H2,18,19,20);1H. The van der Waals surface area contributed by atoms with Crippen molar-refractivity contribution >= 4 is 40.0 Å². The number of aryl methyl sites for hydroxylation is 2. The molecule has 0 saturated carbocycles. The van der Waals surface area contributed by atoms with Crippen LogP contribution in [0.25, 0.3) is 0 Å². The van der Waals surface area contributed by atoms with Crippen LogP contribution in [0.4, 0.5) is 0 Å². The smallest absolute Gasteiger partial charge is 0.240 e. The number of hydrogen-bond donors (Lipinski definition) is 3. The zero-order chi connectivity index (χ0) is 18.7. The number of hydrogen-bond acceptors (Lipinski definition) is 4. The molecule has 0 saturated heterocycles. The van der Waals surface area contributed by atoms with Crippen molar-refractivity contribution in [2.24, 2.45) is 4.99 Å². The van der Waals surface area contributed by atoms with Crippen LogP contribution in [0.3, 0.4) is 0 Å². The van der Waals surface area contributed by atoms with Gasteiger partial charge in [-0.15, -0.1) is 24.0 Å². The molecule has 0 bridgehead atoms. The van der Waals surface area contributed by atoms with Crippen LogP contribution in [-0.4, -0.2) is 54.3 Å². The van der Waals surface area contributed by atoms with E-state index in [1.165, 1.54) is 0 Å². The highest BCUT2D eigenvalue weighted by Crippen LogP contribution is 2.16.